The Morgan fingerprint density at radius 2 is 1.43 bits per heavy atom. The van der Waals surface area contributed by atoms with Gasteiger partial charge in [-0.25, -0.2) is 0 Å². The molecule has 0 aliphatic carbocycles. The second-order valence-electron chi connectivity index (χ2n) is 9.26. The number of azo groups is 2. The molecule has 0 bridgehead atoms. The van der Waals surface area contributed by atoms with E-state index in [1.54, 1.807) is 55.5 Å². The zero-order valence-electron chi connectivity index (χ0n) is 24.1. The molecule has 244 valence electrons. The lowest BCUT2D eigenvalue weighted by Crippen LogP contribution is -2.09. The van der Waals surface area contributed by atoms with Crippen LogP contribution in [0.15, 0.2) is 92.1 Å². The van der Waals surface area contributed by atoms with Gasteiger partial charge in [-0.2, -0.15) is 32.2 Å². The monoisotopic (exact) mass is 693 g/mol. The van der Waals surface area contributed by atoms with Crippen LogP contribution in [0.5, 0.6) is 11.5 Å². The largest absolute Gasteiger partial charge is 0.494 e. The van der Waals surface area contributed by atoms with Gasteiger partial charge >= 0.3 is 10.6 Å². The van der Waals surface area contributed by atoms with E-state index in [0.717, 1.165) is 5.56 Å². The number of benzene rings is 4. The van der Waals surface area contributed by atoms with E-state index < -0.39 is 36.6 Å². The summed E-state index contributed by atoms with van der Waals surface area (Å²) < 4.78 is 100. The van der Waals surface area contributed by atoms with E-state index in [4.69, 9.17) is 32.4 Å². The number of nitrogen functional groups attached to an aromatic ring is 1. The molecule has 0 fully saturated rings. The molecule has 0 radical (unpaired) electrons. The van der Waals surface area contributed by atoms with Gasteiger partial charge in [0.1, 0.15) is 22.1 Å². The molecule has 4 rings (SSSR count). The van der Waals surface area contributed by atoms with Gasteiger partial charge in [0.25, 0.3) is 20.2 Å². The Balaban J connectivity index is 0.00000136. The van der Waals surface area contributed by atoms with Crippen molar-refractivity contribution in [2.45, 2.75) is 18.2 Å². The molecule has 0 saturated carbocycles. The lowest BCUT2D eigenvalue weighted by Gasteiger charge is -2.11. The molecule has 0 amide bonds. The van der Waals surface area contributed by atoms with Crippen LogP contribution in [-0.2, 0) is 30.8 Å². The molecule has 0 aromatic heterocycles. The predicted octanol–water partition coefficient (Wildman–Crippen LogP) is 5.47. The number of hydrogen-bond acceptors (Lipinski definition) is 14. The fraction of sp³-hybridized carbons (Fsp3) is 0.185. The fourth-order valence-corrected chi connectivity index (χ4v) is 5.10. The van der Waals surface area contributed by atoms with E-state index in [9.17, 15) is 21.4 Å². The lowest BCUT2D eigenvalue weighted by molar-refractivity contribution is 0.318. The molecule has 0 heterocycles. The van der Waals surface area contributed by atoms with E-state index in [-0.39, 0.29) is 17.9 Å². The van der Waals surface area contributed by atoms with Gasteiger partial charge in [0, 0.05) is 17.5 Å². The second-order valence-corrected chi connectivity index (χ2v) is 12.6. The zero-order valence-corrected chi connectivity index (χ0v) is 26.6. The first-order valence-electron chi connectivity index (χ1n) is 12.8. The van der Waals surface area contributed by atoms with Crippen LogP contribution >= 0.6 is 0 Å². The van der Waals surface area contributed by atoms with Gasteiger partial charge in [0.05, 0.1) is 42.2 Å². The zero-order chi connectivity index (χ0) is 34.1. The number of aryl methyl sites for hydroxylation is 1. The number of fused-ring (bicyclic) bond motifs is 1. The summed E-state index contributed by atoms with van der Waals surface area (Å²) in [5.74, 6) is 0.222. The van der Waals surface area contributed by atoms with Crippen LogP contribution in [0, 0.1) is 6.92 Å². The lowest BCUT2D eigenvalue weighted by atomic mass is 10.1. The molecule has 0 aliphatic heterocycles. The summed E-state index contributed by atoms with van der Waals surface area (Å²) in [7, 11) is -10.2. The number of methoxy groups -OCH3 is 1. The summed E-state index contributed by atoms with van der Waals surface area (Å²) >= 11 is 0. The SMILES string of the molecule is COc1cc(N=Nc2ccc3cccc(S(=O)(=O)O)c3c2)ccc1N=Nc1cc(OCCCS(=O)(=O)O)c(N)cc1C.O=S(=O)=O. The standard InChI is InChI=1S/C27H27N5O8S2.O3S/c1-17-13-22(28)25(40-11-4-12-41(33,34)35)16-24(17)32-31-23-10-9-20(15-26(23)39-2)30-29-19-8-7-18-5-3-6-27(21(18)14-19)42(36,37)38;1-4(2)3/h3,5-10,13-16H,4,11-12,28H2,1-2H3,(H,33,34,35)(H,36,37,38);. The third-order valence-corrected chi connectivity index (χ3v) is 7.66. The molecule has 0 saturated heterocycles. The Bertz CT molecular complexity index is 2130. The Kier molecular flexibility index (Phi) is 12.0. The second kappa shape index (κ2) is 15.5. The van der Waals surface area contributed by atoms with E-state index in [2.05, 4.69) is 20.5 Å². The average molecular weight is 694 g/mol. The number of rotatable bonds is 11. The van der Waals surface area contributed by atoms with Gasteiger partial charge in [0.2, 0.25) is 0 Å². The number of anilines is 1. The van der Waals surface area contributed by atoms with E-state index in [0.29, 0.717) is 50.7 Å². The van der Waals surface area contributed by atoms with Gasteiger partial charge in [-0.05, 0) is 60.7 Å². The van der Waals surface area contributed by atoms with Crippen molar-refractivity contribution in [2.75, 3.05) is 25.2 Å². The molecule has 4 aromatic rings. The minimum absolute atomic E-state index is 0.0222. The molecular weight excluding hydrogens is 667 g/mol. The normalized spacial score (nSPS) is 11.8. The summed E-state index contributed by atoms with van der Waals surface area (Å²) in [4.78, 5) is -0.222. The quantitative estimate of drug-likeness (QED) is 0.0765. The van der Waals surface area contributed by atoms with E-state index >= 15 is 0 Å². The molecule has 0 atom stereocenters. The molecule has 4 aromatic carbocycles. The van der Waals surface area contributed by atoms with Crippen LogP contribution in [0.25, 0.3) is 10.8 Å². The Labute approximate surface area is 265 Å². The molecule has 4 N–H and O–H groups in total. The number of nitrogens with two attached hydrogens (primary N) is 1. The highest BCUT2D eigenvalue weighted by atomic mass is 32.2. The van der Waals surface area contributed by atoms with Crippen LogP contribution in [0.4, 0.5) is 28.4 Å². The highest BCUT2D eigenvalue weighted by Crippen LogP contribution is 2.36. The van der Waals surface area contributed by atoms with E-state index in [1.165, 1.54) is 25.3 Å². The van der Waals surface area contributed by atoms with Gasteiger partial charge in [-0.1, -0.05) is 18.2 Å². The number of nitrogens with zero attached hydrogens (tertiary/aromatic N) is 4. The average Bonchev–Trinajstić information content (AvgIpc) is 2.97. The number of ether oxygens (including phenoxy) is 2. The van der Waals surface area contributed by atoms with Crippen molar-refractivity contribution < 1.29 is 48.0 Å². The summed E-state index contributed by atoms with van der Waals surface area (Å²) in [6.45, 7) is 1.81. The summed E-state index contributed by atoms with van der Waals surface area (Å²) in [6.07, 6.45) is 0.0797. The van der Waals surface area contributed by atoms with Crippen molar-refractivity contribution >= 4 is 70.1 Å². The van der Waals surface area contributed by atoms with Crippen LogP contribution in [0.2, 0.25) is 0 Å². The first kappa shape index (κ1) is 35.7. The first-order chi connectivity index (χ1) is 21.6. The van der Waals surface area contributed by atoms with Gasteiger partial charge in [0.15, 0.2) is 0 Å². The third-order valence-electron chi connectivity index (χ3n) is 5.95. The molecular formula is C27H27N5O11S3. The molecule has 0 unspecified atom stereocenters. The van der Waals surface area contributed by atoms with E-state index in [1.807, 2.05) is 0 Å². The van der Waals surface area contributed by atoms with Crippen molar-refractivity contribution in [3.05, 3.63) is 72.3 Å². The molecule has 0 aliphatic rings. The summed E-state index contributed by atoms with van der Waals surface area (Å²) in [5, 5.41) is 17.9. The fourth-order valence-electron chi connectivity index (χ4n) is 3.91. The molecule has 46 heavy (non-hydrogen) atoms. The Morgan fingerprint density at radius 3 is 2.07 bits per heavy atom. The topological polar surface area (TPSA) is 254 Å². The van der Waals surface area contributed by atoms with Crippen LogP contribution in [0.3, 0.4) is 0 Å². The van der Waals surface area contributed by atoms with Crippen molar-refractivity contribution in [2.24, 2.45) is 20.5 Å². The maximum atomic E-state index is 11.8. The van der Waals surface area contributed by atoms with Crippen molar-refractivity contribution in [1.82, 2.24) is 0 Å². The Morgan fingerprint density at radius 1 is 0.804 bits per heavy atom. The van der Waals surface area contributed by atoms with Gasteiger partial charge in [-0.15, -0.1) is 17.7 Å². The van der Waals surface area contributed by atoms with Crippen molar-refractivity contribution in [3.63, 3.8) is 0 Å². The minimum atomic E-state index is -4.42. The van der Waals surface area contributed by atoms with Crippen LogP contribution in [-0.4, -0.2) is 58.0 Å². The highest BCUT2D eigenvalue weighted by Gasteiger charge is 2.14. The maximum absolute atomic E-state index is 11.8. The minimum Gasteiger partial charge on any atom is -0.494 e. The van der Waals surface area contributed by atoms with Crippen LogP contribution in [0.1, 0.15) is 12.0 Å². The van der Waals surface area contributed by atoms with Crippen molar-refractivity contribution in [3.8, 4) is 11.5 Å². The summed E-state index contributed by atoms with van der Waals surface area (Å²) in [5.41, 5.74) is 8.72. The van der Waals surface area contributed by atoms with Gasteiger partial charge in [-0.3, -0.25) is 9.11 Å². The molecule has 0 spiro atoms. The maximum Gasteiger partial charge on any atom is 0.425 e. The molecule has 16 nitrogen and oxygen atoms in total. The number of hydrogen-bond donors (Lipinski definition) is 3. The van der Waals surface area contributed by atoms with Crippen LogP contribution < -0.4 is 15.2 Å². The molecule has 19 heteroatoms. The van der Waals surface area contributed by atoms with Gasteiger partial charge < -0.3 is 15.2 Å². The predicted molar refractivity (Wildman–Crippen MR) is 167 cm³/mol. The Hall–Kier alpha value is -4.82. The van der Waals surface area contributed by atoms with Crippen molar-refractivity contribution in [1.29, 1.82) is 0 Å². The highest BCUT2D eigenvalue weighted by molar-refractivity contribution is 7.86. The first-order valence-corrected chi connectivity index (χ1v) is 16.9. The summed E-state index contributed by atoms with van der Waals surface area (Å²) in [6, 6.07) is 17.5. The smallest absolute Gasteiger partial charge is 0.425 e. The third kappa shape index (κ3) is 10.7.